The predicted molar refractivity (Wildman–Crippen MR) is 79.8 cm³/mol. The molecule has 0 spiro atoms. The molecule has 1 N–H and O–H groups in total. The molecule has 0 saturated heterocycles. The number of methoxy groups -OCH3 is 1. The molecule has 1 aromatic heterocycles. The number of hydrogen-bond acceptors (Lipinski definition) is 3. The number of thiophene rings is 1. The lowest BCUT2D eigenvalue weighted by atomic mass is 10.2. The van der Waals surface area contributed by atoms with Crippen molar-refractivity contribution in [1.82, 2.24) is 5.32 Å². The number of nitrogens with one attached hydrogen (secondary N) is 1. The van der Waals surface area contributed by atoms with Crippen molar-refractivity contribution >= 4 is 11.3 Å². The first-order valence-electron chi connectivity index (χ1n) is 6.90. The van der Waals surface area contributed by atoms with Crippen LogP contribution in [0.25, 0.3) is 0 Å². The molecule has 0 fully saturated rings. The zero-order valence-corrected chi connectivity index (χ0v) is 12.4. The normalized spacial score (nSPS) is 13.5. The molecule has 0 amide bonds. The van der Waals surface area contributed by atoms with E-state index in [0.717, 1.165) is 12.1 Å². The minimum absolute atomic E-state index is 0.295. The topological polar surface area (TPSA) is 21.3 Å². The third-order valence-corrected chi connectivity index (χ3v) is 4.88. The summed E-state index contributed by atoms with van der Waals surface area (Å²) < 4.78 is 18.5. The van der Waals surface area contributed by atoms with Crippen LogP contribution < -0.4 is 10.1 Å². The van der Waals surface area contributed by atoms with Crippen LogP contribution in [0.2, 0.25) is 0 Å². The number of rotatable bonds is 5. The summed E-state index contributed by atoms with van der Waals surface area (Å²) in [7, 11) is 1.48. The summed E-state index contributed by atoms with van der Waals surface area (Å²) in [5.74, 6) is -0.00895. The first kappa shape index (κ1) is 13.6. The molecule has 1 heterocycles. The Bertz CT molecular complexity index is 587. The van der Waals surface area contributed by atoms with E-state index in [4.69, 9.17) is 4.74 Å². The van der Waals surface area contributed by atoms with Gasteiger partial charge in [-0.2, -0.15) is 0 Å². The van der Waals surface area contributed by atoms with Gasteiger partial charge in [-0.1, -0.05) is 6.07 Å². The Morgan fingerprint density at radius 3 is 2.90 bits per heavy atom. The predicted octanol–water partition coefficient (Wildman–Crippen LogP) is 3.67. The second-order valence-electron chi connectivity index (χ2n) is 5.09. The van der Waals surface area contributed by atoms with Crippen molar-refractivity contribution in [3.05, 3.63) is 51.0 Å². The quantitative estimate of drug-likeness (QED) is 0.907. The van der Waals surface area contributed by atoms with E-state index in [1.165, 1.54) is 42.9 Å². The standard InChI is InChI=1S/C16H18FNOS/c1-19-15-6-5-11(7-14(15)17)9-18-10-13-8-12-3-2-4-16(12)20-13/h5-8,18H,2-4,9-10H2,1H3. The van der Waals surface area contributed by atoms with Gasteiger partial charge in [0.15, 0.2) is 11.6 Å². The maximum absolute atomic E-state index is 13.6. The van der Waals surface area contributed by atoms with Crippen LogP contribution >= 0.6 is 11.3 Å². The van der Waals surface area contributed by atoms with Gasteiger partial charge in [0.2, 0.25) is 0 Å². The van der Waals surface area contributed by atoms with E-state index in [-0.39, 0.29) is 5.82 Å². The molecular weight excluding hydrogens is 273 g/mol. The van der Waals surface area contributed by atoms with Gasteiger partial charge in [-0.15, -0.1) is 11.3 Å². The highest BCUT2D eigenvalue weighted by Gasteiger charge is 2.14. The fourth-order valence-corrected chi connectivity index (χ4v) is 3.86. The molecule has 0 aliphatic heterocycles. The number of aryl methyl sites for hydroxylation is 2. The Labute approximate surface area is 122 Å². The summed E-state index contributed by atoms with van der Waals surface area (Å²) in [6.45, 7) is 1.52. The molecule has 0 bridgehead atoms. The Balaban J connectivity index is 1.55. The molecule has 2 nitrogen and oxygen atoms in total. The number of fused-ring (bicyclic) bond motifs is 1. The van der Waals surface area contributed by atoms with Crippen LogP contribution in [-0.4, -0.2) is 7.11 Å². The van der Waals surface area contributed by atoms with Crippen LogP contribution in [0.1, 0.15) is 27.3 Å². The molecule has 3 rings (SSSR count). The van der Waals surface area contributed by atoms with Crippen molar-refractivity contribution < 1.29 is 9.13 Å². The summed E-state index contributed by atoms with van der Waals surface area (Å²) in [6, 6.07) is 7.41. The molecule has 106 valence electrons. The third kappa shape index (κ3) is 2.86. The molecule has 4 heteroatoms. The van der Waals surface area contributed by atoms with E-state index in [9.17, 15) is 4.39 Å². The summed E-state index contributed by atoms with van der Waals surface area (Å²) in [6.07, 6.45) is 3.78. The lowest BCUT2D eigenvalue weighted by Gasteiger charge is -2.06. The van der Waals surface area contributed by atoms with E-state index in [0.29, 0.717) is 12.3 Å². The molecule has 0 saturated carbocycles. The molecular formula is C16H18FNOS. The second kappa shape index (κ2) is 5.94. The SMILES string of the molecule is COc1ccc(CNCc2cc3c(s2)CCC3)cc1F. The van der Waals surface area contributed by atoms with Crippen LogP contribution in [0.5, 0.6) is 5.75 Å². The lowest BCUT2D eigenvalue weighted by Crippen LogP contribution is -2.12. The first-order chi connectivity index (χ1) is 9.76. The molecule has 0 radical (unpaired) electrons. The summed E-state index contributed by atoms with van der Waals surface area (Å²) in [5, 5.41) is 3.37. The minimum atomic E-state index is -0.304. The van der Waals surface area contributed by atoms with Gasteiger partial charge in [-0.05, 0) is 48.6 Å². The Morgan fingerprint density at radius 1 is 1.25 bits per heavy atom. The van der Waals surface area contributed by atoms with Crippen molar-refractivity contribution in [3.8, 4) is 5.75 Å². The Kier molecular flexibility index (Phi) is 4.03. The van der Waals surface area contributed by atoms with Crippen molar-refractivity contribution in [2.75, 3.05) is 7.11 Å². The second-order valence-corrected chi connectivity index (χ2v) is 6.31. The lowest BCUT2D eigenvalue weighted by molar-refractivity contribution is 0.386. The number of hydrogen-bond donors (Lipinski definition) is 1. The van der Waals surface area contributed by atoms with Crippen molar-refractivity contribution in [1.29, 1.82) is 0 Å². The maximum atomic E-state index is 13.6. The smallest absolute Gasteiger partial charge is 0.165 e. The maximum Gasteiger partial charge on any atom is 0.165 e. The molecule has 1 aliphatic rings. The zero-order chi connectivity index (χ0) is 13.9. The van der Waals surface area contributed by atoms with Gasteiger partial charge < -0.3 is 10.1 Å². The highest BCUT2D eigenvalue weighted by molar-refractivity contribution is 7.12. The van der Waals surface area contributed by atoms with E-state index in [1.54, 1.807) is 10.9 Å². The zero-order valence-electron chi connectivity index (χ0n) is 11.5. The molecule has 0 atom stereocenters. The summed E-state index contributed by atoms with van der Waals surface area (Å²) in [5.41, 5.74) is 2.47. The van der Waals surface area contributed by atoms with Crippen molar-refractivity contribution in [2.45, 2.75) is 32.4 Å². The van der Waals surface area contributed by atoms with Crippen LogP contribution in [0.4, 0.5) is 4.39 Å². The van der Waals surface area contributed by atoms with E-state index in [2.05, 4.69) is 11.4 Å². The van der Waals surface area contributed by atoms with E-state index in [1.807, 2.05) is 17.4 Å². The van der Waals surface area contributed by atoms with E-state index < -0.39 is 0 Å². The van der Waals surface area contributed by atoms with Gasteiger partial charge in [0.1, 0.15) is 0 Å². The van der Waals surface area contributed by atoms with Crippen molar-refractivity contribution in [2.24, 2.45) is 0 Å². The van der Waals surface area contributed by atoms with Crippen LogP contribution in [0.15, 0.2) is 24.3 Å². The monoisotopic (exact) mass is 291 g/mol. The number of benzene rings is 1. The van der Waals surface area contributed by atoms with Gasteiger partial charge in [0.25, 0.3) is 0 Å². The van der Waals surface area contributed by atoms with Gasteiger partial charge in [-0.3, -0.25) is 0 Å². The van der Waals surface area contributed by atoms with Crippen LogP contribution in [-0.2, 0) is 25.9 Å². The fraction of sp³-hybridized carbons (Fsp3) is 0.375. The highest BCUT2D eigenvalue weighted by atomic mass is 32.1. The summed E-state index contributed by atoms with van der Waals surface area (Å²) >= 11 is 1.91. The van der Waals surface area contributed by atoms with Crippen LogP contribution in [0.3, 0.4) is 0 Å². The molecule has 1 aromatic carbocycles. The summed E-state index contributed by atoms with van der Waals surface area (Å²) in [4.78, 5) is 2.93. The molecule has 2 aromatic rings. The third-order valence-electron chi connectivity index (χ3n) is 3.64. The molecule has 0 unspecified atom stereocenters. The largest absolute Gasteiger partial charge is 0.494 e. The first-order valence-corrected chi connectivity index (χ1v) is 7.71. The van der Waals surface area contributed by atoms with Gasteiger partial charge in [0.05, 0.1) is 7.11 Å². The van der Waals surface area contributed by atoms with E-state index >= 15 is 0 Å². The van der Waals surface area contributed by atoms with Gasteiger partial charge in [0, 0.05) is 22.8 Å². The number of ether oxygens (including phenoxy) is 1. The minimum Gasteiger partial charge on any atom is -0.494 e. The Hall–Kier alpha value is -1.39. The van der Waals surface area contributed by atoms with Gasteiger partial charge in [-0.25, -0.2) is 4.39 Å². The Morgan fingerprint density at radius 2 is 2.15 bits per heavy atom. The molecule has 1 aliphatic carbocycles. The van der Waals surface area contributed by atoms with Crippen molar-refractivity contribution in [3.63, 3.8) is 0 Å². The number of halogens is 1. The van der Waals surface area contributed by atoms with Gasteiger partial charge >= 0.3 is 0 Å². The average molecular weight is 291 g/mol. The average Bonchev–Trinajstić information content (AvgIpc) is 3.00. The highest BCUT2D eigenvalue weighted by Crippen LogP contribution is 2.30. The fourth-order valence-electron chi connectivity index (χ4n) is 2.63. The van der Waals surface area contributed by atoms with Crippen LogP contribution in [0, 0.1) is 5.82 Å². The molecule has 20 heavy (non-hydrogen) atoms.